The number of morpholine rings is 1. The lowest BCUT2D eigenvalue weighted by molar-refractivity contribution is -0.120. The van der Waals surface area contributed by atoms with Crippen LogP contribution in [0.15, 0.2) is 40.6 Å². The summed E-state index contributed by atoms with van der Waals surface area (Å²) in [6, 6.07) is 11.7. The summed E-state index contributed by atoms with van der Waals surface area (Å²) in [5.41, 5.74) is 2.28. The number of carbonyl (C=O) groups excluding carboxylic acids is 1. The first-order chi connectivity index (χ1) is 15.9. The fourth-order valence-electron chi connectivity index (χ4n) is 4.38. The summed E-state index contributed by atoms with van der Waals surface area (Å²) in [6.45, 7) is 7.21. The van der Waals surface area contributed by atoms with Crippen LogP contribution in [0, 0.1) is 0 Å². The Labute approximate surface area is 200 Å². The van der Waals surface area contributed by atoms with Gasteiger partial charge in [0.25, 0.3) is 10.0 Å². The molecule has 2 aromatic rings. The quantitative estimate of drug-likeness (QED) is 0.614. The van der Waals surface area contributed by atoms with E-state index in [2.05, 4.69) is 29.3 Å². The van der Waals surface area contributed by atoms with Gasteiger partial charge in [0.1, 0.15) is 4.21 Å². The van der Waals surface area contributed by atoms with Crippen LogP contribution in [0.4, 0.5) is 0 Å². The Morgan fingerprint density at radius 1 is 1.12 bits per heavy atom. The van der Waals surface area contributed by atoms with Crippen molar-refractivity contribution in [1.82, 2.24) is 14.5 Å². The highest BCUT2D eigenvalue weighted by atomic mass is 32.2. The van der Waals surface area contributed by atoms with E-state index < -0.39 is 10.0 Å². The number of thiophene rings is 1. The van der Waals surface area contributed by atoms with Crippen LogP contribution < -0.4 is 5.32 Å². The molecule has 180 valence electrons. The average molecular weight is 492 g/mol. The van der Waals surface area contributed by atoms with Gasteiger partial charge in [-0.15, -0.1) is 11.3 Å². The maximum Gasteiger partial charge on any atom is 0.252 e. The lowest BCUT2D eigenvalue weighted by Gasteiger charge is -2.31. The molecule has 9 heteroatoms. The summed E-state index contributed by atoms with van der Waals surface area (Å²) in [4.78, 5) is 15.6. The van der Waals surface area contributed by atoms with Crippen LogP contribution in [-0.2, 0) is 39.1 Å². The van der Waals surface area contributed by atoms with Crippen LogP contribution in [0.1, 0.15) is 42.2 Å². The van der Waals surface area contributed by atoms with Crippen molar-refractivity contribution in [1.29, 1.82) is 0 Å². The van der Waals surface area contributed by atoms with E-state index in [1.54, 1.807) is 16.4 Å². The minimum absolute atomic E-state index is 0.105. The second-order valence-electron chi connectivity index (χ2n) is 8.88. The third-order valence-electron chi connectivity index (χ3n) is 6.09. The Balaban J connectivity index is 1.28. The van der Waals surface area contributed by atoms with Gasteiger partial charge in [-0.25, -0.2) is 8.42 Å². The molecule has 2 fully saturated rings. The lowest BCUT2D eigenvalue weighted by Crippen LogP contribution is -2.40. The molecule has 0 radical (unpaired) electrons. The van der Waals surface area contributed by atoms with Crippen molar-refractivity contribution in [2.24, 2.45) is 0 Å². The van der Waals surface area contributed by atoms with Gasteiger partial charge in [0.2, 0.25) is 5.91 Å². The number of benzene rings is 1. The zero-order chi connectivity index (χ0) is 23.3. The largest absolute Gasteiger partial charge is 0.376 e. The second kappa shape index (κ2) is 11.1. The molecule has 4 rings (SSSR count). The molecule has 33 heavy (non-hydrogen) atoms. The molecule has 0 spiro atoms. The summed E-state index contributed by atoms with van der Waals surface area (Å²) in [5, 5.41) is 2.97. The first kappa shape index (κ1) is 24.3. The van der Waals surface area contributed by atoms with Crippen LogP contribution >= 0.6 is 11.3 Å². The third kappa shape index (κ3) is 6.64. The maximum atomic E-state index is 12.8. The van der Waals surface area contributed by atoms with E-state index in [0.29, 0.717) is 23.8 Å². The maximum absolute atomic E-state index is 12.8. The lowest BCUT2D eigenvalue weighted by atomic mass is 10.1. The van der Waals surface area contributed by atoms with Gasteiger partial charge in [0.15, 0.2) is 0 Å². The molecular formula is C24H33N3O4S2. The number of ether oxygens (including phenoxy) is 1. The summed E-state index contributed by atoms with van der Waals surface area (Å²) in [6.07, 6.45) is 3.34. The van der Waals surface area contributed by atoms with Gasteiger partial charge in [0.05, 0.1) is 19.1 Å². The van der Waals surface area contributed by atoms with Crippen molar-refractivity contribution in [3.63, 3.8) is 0 Å². The van der Waals surface area contributed by atoms with E-state index in [1.807, 2.05) is 12.1 Å². The molecule has 0 aliphatic carbocycles. The number of piperidine rings is 1. The van der Waals surface area contributed by atoms with Gasteiger partial charge in [-0.2, -0.15) is 4.31 Å². The second-order valence-corrected chi connectivity index (χ2v) is 12.2. The molecule has 2 aliphatic rings. The number of nitrogens with zero attached hydrogens (tertiary/aromatic N) is 2. The zero-order valence-electron chi connectivity index (χ0n) is 19.2. The van der Waals surface area contributed by atoms with Crippen LogP contribution in [0.3, 0.4) is 0 Å². The monoisotopic (exact) mass is 491 g/mol. The normalized spacial score (nSPS) is 20.6. The SMILES string of the molecule is CC1CN(Cc2cccc(CNC(=O)Cc3ccc(S(=O)(=O)N4CCCCC4)s3)c2)CCO1. The molecule has 1 atom stereocenters. The van der Waals surface area contributed by atoms with Crippen LogP contribution in [0.2, 0.25) is 0 Å². The molecule has 0 bridgehead atoms. The van der Waals surface area contributed by atoms with Crippen molar-refractivity contribution in [2.45, 2.75) is 56.0 Å². The Kier molecular flexibility index (Phi) is 8.19. The number of amides is 1. The van der Waals surface area contributed by atoms with Crippen LogP contribution in [0.25, 0.3) is 0 Å². The molecule has 2 aliphatic heterocycles. The van der Waals surface area contributed by atoms with Gasteiger partial charge < -0.3 is 10.1 Å². The first-order valence-corrected chi connectivity index (χ1v) is 13.9. The molecule has 0 saturated carbocycles. The first-order valence-electron chi connectivity index (χ1n) is 11.7. The Bertz CT molecular complexity index is 1050. The van der Waals surface area contributed by atoms with Crippen molar-refractivity contribution < 1.29 is 17.9 Å². The Hall–Kier alpha value is -1.78. The van der Waals surface area contributed by atoms with Crippen molar-refractivity contribution in [3.8, 4) is 0 Å². The van der Waals surface area contributed by atoms with Gasteiger partial charge in [-0.3, -0.25) is 9.69 Å². The smallest absolute Gasteiger partial charge is 0.252 e. The fourth-order valence-corrected chi connectivity index (χ4v) is 7.40. The molecule has 1 aromatic carbocycles. The molecule has 1 amide bonds. The molecule has 1 N–H and O–H groups in total. The van der Waals surface area contributed by atoms with Crippen LogP contribution in [-0.4, -0.2) is 62.4 Å². The fraction of sp³-hybridized carbons (Fsp3) is 0.542. The molecule has 7 nitrogen and oxygen atoms in total. The van der Waals surface area contributed by atoms with E-state index in [-0.39, 0.29) is 18.4 Å². The molecule has 1 unspecified atom stereocenters. The predicted molar refractivity (Wildman–Crippen MR) is 130 cm³/mol. The van der Waals surface area contributed by atoms with Gasteiger partial charge in [0, 0.05) is 44.1 Å². The number of hydrogen-bond donors (Lipinski definition) is 1. The third-order valence-corrected chi connectivity index (χ3v) is 9.54. The van der Waals surface area contributed by atoms with Crippen LogP contribution in [0.5, 0.6) is 0 Å². The van der Waals surface area contributed by atoms with E-state index >= 15 is 0 Å². The highest BCUT2D eigenvalue weighted by Gasteiger charge is 2.27. The number of hydrogen-bond acceptors (Lipinski definition) is 6. The van der Waals surface area contributed by atoms with Crippen molar-refractivity contribution >= 4 is 27.3 Å². The van der Waals surface area contributed by atoms with E-state index in [0.717, 1.165) is 55.9 Å². The van der Waals surface area contributed by atoms with E-state index in [9.17, 15) is 13.2 Å². The average Bonchev–Trinajstić information content (AvgIpc) is 3.28. The topological polar surface area (TPSA) is 79.0 Å². The Morgan fingerprint density at radius 2 is 1.91 bits per heavy atom. The van der Waals surface area contributed by atoms with Crippen molar-refractivity contribution in [3.05, 3.63) is 52.4 Å². The number of nitrogens with one attached hydrogen (secondary N) is 1. The van der Waals surface area contributed by atoms with E-state index in [1.165, 1.54) is 16.9 Å². The molecule has 1 aromatic heterocycles. The zero-order valence-corrected chi connectivity index (χ0v) is 20.8. The number of carbonyl (C=O) groups is 1. The number of sulfonamides is 1. The number of rotatable bonds is 8. The van der Waals surface area contributed by atoms with Gasteiger partial charge >= 0.3 is 0 Å². The standard InChI is InChI=1S/C24H33N3O4S2/c1-19-17-26(12-13-31-19)18-21-7-5-6-20(14-21)16-25-23(28)15-22-8-9-24(32-22)33(29,30)27-10-3-2-4-11-27/h5-9,14,19H,2-4,10-13,15-18H2,1H3,(H,25,28). The van der Waals surface area contributed by atoms with Gasteiger partial charge in [-0.05, 0) is 43.0 Å². The summed E-state index contributed by atoms with van der Waals surface area (Å²) in [5.74, 6) is -0.105. The minimum atomic E-state index is -3.44. The highest BCUT2D eigenvalue weighted by Crippen LogP contribution is 2.27. The molecule has 2 saturated heterocycles. The summed E-state index contributed by atoms with van der Waals surface area (Å²) in [7, 11) is -3.44. The Morgan fingerprint density at radius 3 is 2.70 bits per heavy atom. The molecule has 3 heterocycles. The van der Waals surface area contributed by atoms with Gasteiger partial charge in [-0.1, -0.05) is 30.7 Å². The molecular weight excluding hydrogens is 458 g/mol. The highest BCUT2D eigenvalue weighted by molar-refractivity contribution is 7.91. The van der Waals surface area contributed by atoms with E-state index in [4.69, 9.17) is 4.74 Å². The summed E-state index contributed by atoms with van der Waals surface area (Å²) >= 11 is 1.20. The summed E-state index contributed by atoms with van der Waals surface area (Å²) < 4.78 is 33.1. The predicted octanol–water partition coefficient (Wildman–Crippen LogP) is 3.00. The van der Waals surface area contributed by atoms with Crippen molar-refractivity contribution in [2.75, 3.05) is 32.8 Å². The minimum Gasteiger partial charge on any atom is -0.376 e.